The second kappa shape index (κ2) is 3.39. The van der Waals surface area contributed by atoms with E-state index in [1.54, 1.807) is 6.20 Å². The Balaban J connectivity index is 2.03. The van der Waals surface area contributed by atoms with Gasteiger partial charge in [-0.1, -0.05) is 23.8 Å². The first-order chi connectivity index (χ1) is 5.95. The van der Waals surface area contributed by atoms with E-state index < -0.39 is 0 Å². The molecular formula is C10H12N2. The van der Waals surface area contributed by atoms with Crippen molar-refractivity contribution in [2.75, 3.05) is 0 Å². The Kier molecular flexibility index (Phi) is 2.08. The van der Waals surface area contributed by atoms with Crippen LogP contribution in [0.25, 0.3) is 0 Å². The molecule has 2 nitrogen and oxygen atoms in total. The summed E-state index contributed by atoms with van der Waals surface area (Å²) in [4.78, 5) is 7.30. The quantitative estimate of drug-likeness (QED) is 0.706. The van der Waals surface area contributed by atoms with Crippen LogP contribution in [0.2, 0.25) is 0 Å². The van der Waals surface area contributed by atoms with Crippen molar-refractivity contribution < 1.29 is 0 Å². The van der Waals surface area contributed by atoms with Gasteiger partial charge < -0.3 is 4.98 Å². The fourth-order valence-corrected chi connectivity index (χ4v) is 1.41. The Morgan fingerprint density at radius 2 is 2.50 bits per heavy atom. The minimum Gasteiger partial charge on any atom is -0.348 e. The third-order valence-corrected chi connectivity index (χ3v) is 2.05. The molecule has 1 N–H and O–H groups in total. The fourth-order valence-electron chi connectivity index (χ4n) is 1.41. The molecule has 0 saturated carbocycles. The summed E-state index contributed by atoms with van der Waals surface area (Å²) in [6.45, 7) is 0. The molecule has 62 valence electrons. The summed E-state index contributed by atoms with van der Waals surface area (Å²) in [5.41, 5.74) is 1.47. The highest BCUT2D eigenvalue weighted by Gasteiger charge is 2.02. The third-order valence-electron chi connectivity index (χ3n) is 2.05. The summed E-state index contributed by atoms with van der Waals surface area (Å²) < 4.78 is 0. The highest BCUT2D eigenvalue weighted by atomic mass is 14.9. The van der Waals surface area contributed by atoms with Gasteiger partial charge in [-0.3, -0.25) is 0 Å². The van der Waals surface area contributed by atoms with Crippen LogP contribution in [0.3, 0.4) is 0 Å². The van der Waals surface area contributed by atoms with Gasteiger partial charge in [-0.05, 0) is 12.8 Å². The van der Waals surface area contributed by atoms with Gasteiger partial charge in [0.2, 0.25) is 0 Å². The predicted octanol–water partition coefficient (Wildman–Crippen LogP) is 2.23. The molecule has 0 atom stereocenters. The summed E-state index contributed by atoms with van der Waals surface area (Å²) in [5.74, 6) is 1.07. The molecule has 12 heavy (non-hydrogen) atoms. The van der Waals surface area contributed by atoms with Crippen LogP contribution < -0.4 is 0 Å². The van der Waals surface area contributed by atoms with E-state index in [4.69, 9.17) is 0 Å². The number of hydrogen-bond acceptors (Lipinski definition) is 1. The first kappa shape index (κ1) is 7.35. The average molecular weight is 160 g/mol. The van der Waals surface area contributed by atoms with Crippen LogP contribution in [0.5, 0.6) is 0 Å². The number of hydrogen-bond donors (Lipinski definition) is 1. The molecule has 0 aliphatic heterocycles. The molecule has 0 aromatic carbocycles. The molecule has 0 unspecified atom stereocenters. The lowest BCUT2D eigenvalue weighted by atomic mass is 10.0. The summed E-state index contributed by atoms with van der Waals surface area (Å²) in [7, 11) is 0. The molecule has 2 rings (SSSR count). The number of allylic oxidation sites excluding steroid dienone is 4. The van der Waals surface area contributed by atoms with Gasteiger partial charge in [-0.25, -0.2) is 4.98 Å². The van der Waals surface area contributed by atoms with E-state index in [9.17, 15) is 0 Å². The van der Waals surface area contributed by atoms with E-state index >= 15 is 0 Å². The van der Waals surface area contributed by atoms with Gasteiger partial charge in [0, 0.05) is 18.8 Å². The van der Waals surface area contributed by atoms with Crippen molar-refractivity contribution in [2.24, 2.45) is 0 Å². The standard InChI is InChI=1S/C10H12N2/c1-2-4-9(5-3-1)8-10-11-6-7-12-10/h1-2,4,6-7H,3,5,8H2,(H,11,12). The van der Waals surface area contributed by atoms with E-state index in [0.717, 1.165) is 12.2 Å². The van der Waals surface area contributed by atoms with Gasteiger partial charge in [0.05, 0.1) is 0 Å². The molecule has 1 heterocycles. The zero-order valence-electron chi connectivity index (χ0n) is 6.96. The van der Waals surface area contributed by atoms with E-state index in [-0.39, 0.29) is 0 Å². The molecule has 0 spiro atoms. The lowest BCUT2D eigenvalue weighted by molar-refractivity contribution is 0.878. The van der Waals surface area contributed by atoms with E-state index in [1.165, 1.54) is 18.4 Å². The van der Waals surface area contributed by atoms with Crippen molar-refractivity contribution in [3.63, 3.8) is 0 Å². The molecule has 0 saturated heterocycles. The second-order valence-electron chi connectivity index (χ2n) is 3.00. The van der Waals surface area contributed by atoms with Gasteiger partial charge >= 0.3 is 0 Å². The third kappa shape index (κ3) is 1.64. The largest absolute Gasteiger partial charge is 0.348 e. The van der Waals surface area contributed by atoms with Gasteiger partial charge in [0.1, 0.15) is 5.82 Å². The van der Waals surface area contributed by atoms with E-state index in [1.807, 2.05) is 6.20 Å². The van der Waals surface area contributed by atoms with Crippen LogP contribution in [0.15, 0.2) is 36.2 Å². The van der Waals surface area contributed by atoms with Crippen LogP contribution in [0.1, 0.15) is 18.7 Å². The average Bonchev–Trinajstić information content (AvgIpc) is 2.59. The Labute approximate surface area is 72.0 Å². The van der Waals surface area contributed by atoms with Crippen LogP contribution in [-0.2, 0) is 6.42 Å². The molecule has 0 radical (unpaired) electrons. The zero-order chi connectivity index (χ0) is 8.23. The van der Waals surface area contributed by atoms with Crippen LogP contribution in [0.4, 0.5) is 0 Å². The summed E-state index contributed by atoms with van der Waals surface area (Å²) >= 11 is 0. The molecule has 2 heteroatoms. The lowest BCUT2D eigenvalue weighted by Crippen LogP contribution is -1.94. The molecule has 0 amide bonds. The number of nitrogens with zero attached hydrogens (tertiary/aromatic N) is 1. The van der Waals surface area contributed by atoms with Gasteiger partial charge in [0.25, 0.3) is 0 Å². The van der Waals surface area contributed by atoms with Crippen molar-refractivity contribution in [3.05, 3.63) is 42.0 Å². The molecule has 1 aliphatic carbocycles. The Hall–Kier alpha value is -1.31. The highest BCUT2D eigenvalue weighted by Crippen LogP contribution is 2.14. The maximum Gasteiger partial charge on any atom is 0.110 e. The molecular weight excluding hydrogens is 148 g/mol. The van der Waals surface area contributed by atoms with Crippen molar-refractivity contribution in [1.82, 2.24) is 9.97 Å². The Morgan fingerprint density at radius 1 is 1.50 bits per heavy atom. The van der Waals surface area contributed by atoms with E-state index in [2.05, 4.69) is 28.2 Å². The Bertz CT molecular complexity index is 294. The molecule has 1 aliphatic rings. The SMILES string of the molecule is C1=CCCC(Cc2ncc[nH]2)=C1. The summed E-state index contributed by atoms with van der Waals surface area (Å²) in [6.07, 6.45) is 13.5. The smallest absolute Gasteiger partial charge is 0.110 e. The molecule has 0 bridgehead atoms. The number of aromatic nitrogens is 2. The first-order valence-electron chi connectivity index (χ1n) is 4.28. The zero-order valence-corrected chi connectivity index (χ0v) is 6.96. The number of nitrogens with one attached hydrogen (secondary N) is 1. The van der Waals surface area contributed by atoms with Crippen molar-refractivity contribution >= 4 is 0 Å². The lowest BCUT2D eigenvalue weighted by Gasteiger charge is -2.06. The highest BCUT2D eigenvalue weighted by molar-refractivity contribution is 5.20. The van der Waals surface area contributed by atoms with Gasteiger partial charge in [-0.2, -0.15) is 0 Å². The van der Waals surface area contributed by atoms with Crippen molar-refractivity contribution in [1.29, 1.82) is 0 Å². The predicted molar refractivity (Wildman–Crippen MR) is 48.7 cm³/mol. The molecule has 1 aromatic heterocycles. The topological polar surface area (TPSA) is 28.7 Å². The monoisotopic (exact) mass is 160 g/mol. The maximum absolute atomic E-state index is 4.19. The fraction of sp³-hybridized carbons (Fsp3) is 0.300. The first-order valence-corrected chi connectivity index (χ1v) is 4.28. The number of rotatable bonds is 2. The van der Waals surface area contributed by atoms with Crippen molar-refractivity contribution in [2.45, 2.75) is 19.3 Å². The normalized spacial score (nSPS) is 16.2. The number of imidazole rings is 1. The number of aromatic amines is 1. The van der Waals surface area contributed by atoms with E-state index in [0.29, 0.717) is 0 Å². The Morgan fingerprint density at radius 3 is 3.17 bits per heavy atom. The van der Waals surface area contributed by atoms with Crippen LogP contribution >= 0.6 is 0 Å². The van der Waals surface area contributed by atoms with Crippen LogP contribution in [0, 0.1) is 0 Å². The van der Waals surface area contributed by atoms with Gasteiger partial charge in [0.15, 0.2) is 0 Å². The maximum atomic E-state index is 4.19. The van der Waals surface area contributed by atoms with Crippen molar-refractivity contribution in [3.8, 4) is 0 Å². The van der Waals surface area contributed by atoms with Crippen LogP contribution in [-0.4, -0.2) is 9.97 Å². The molecule has 1 aromatic rings. The number of H-pyrrole nitrogens is 1. The van der Waals surface area contributed by atoms with Gasteiger partial charge in [-0.15, -0.1) is 0 Å². The molecule has 0 fully saturated rings. The summed E-state index contributed by atoms with van der Waals surface area (Å²) in [5, 5.41) is 0. The second-order valence-corrected chi connectivity index (χ2v) is 3.00. The minimum absolute atomic E-state index is 0.970. The summed E-state index contributed by atoms with van der Waals surface area (Å²) in [6, 6.07) is 0. The minimum atomic E-state index is 0.970.